The number of anilines is 2. The maximum atomic E-state index is 14.5. The third-order valence-corrected chi connectivity index (χ3v) is 8.27. The third kappa shape index (κ3) is 5.05. The van der Waals surface area contributed by atoms with E-state index in [2.05, 4.69) is 10.6 Å². The molecule has 1 aliphatic carbocycles. The molecule has 13 heteroatoms. The summed E-state index contributed by atoms with van der Waals surface area (Å²) >= 11 is 2.45. The smallest absolute Gasteiger partial charge is 0.321 e. The van der Waals surface area contributed by atoms with Crippen LogP contribution in [-0.4, -0.2) is 24.2 Å². The second-order valence-electron chi connectivity index (χ2n) is 9.02. The minimum Gasteiger partial charge on any atom is -0.321 e. The van der Waals surface area contributed by atoms with Crippen molar-refractivity contribution in [1.82, 2.24) is 0 Å². The number of hydrogen-bond donors (Lipinski definition) is 2. The molecule has 2 N–H and O–H groups in total. The molecule has 3 aromatic rings. The minimum atomic E-state index is -6.24. The van der Waals surface area contributed by atoms with Gasteiger partial charge in [0.05, 0.1) is 15.4 Å². The number of amides is 2. The summed E-state index contributed by atoms with van der Waals surface area (Å²) in [4.78, 5) is 26.2. The molecule has 0 atom stereocenters. The summed E-state index contributed by atoms with van der Waals surface area (Å²) in [6, 6.07) is 2.26. The Morgan fingerprint density at radius 2 is 1.39 bits per heavy atom. The highest BCUT2D eigenvalue weighted by molar-refractivity contribution is 7.15. The van der Waals surface area contributed by atoms with Gasteiger partial charge < -0.3 is 10.6 Å². The van der Waals surface area contributed by atoms with E-state index in [1.165, 1.54) is 42.2 Å². The van der Waals surface area contributed by atoms with Crippen molar-refractivity contribution in [1.29, 1.82) is 0 Å². The molecule has 4 rings (SSSR count). The van der Waals surface area contributed by atoms with Crippen molar-refractivity contribution in [3.05, 3.63) is 67.2 Å². The van der Waals surface area contributed by atoms with Crippen LogP contribution in [0.2, 0.25) is 0 Å². The predicted molar refractivity (Wildman–Crippen MR) is 132 cm³/mol. The minimum absolute atomic E-state index is 0.0487. The van der Waals surface area contributed by atoms with Crippen LogP contribution in [0.5, 0.6) is 0 Å². The summed E-state index contributed by atoms with van der Waals surface area (Å²) in [6.07, 6.45) is -8.64. The first kappa shape index (κ1) is 28.1. The molecular weight excluding hydrogens is 557 g/mol. The van der Waals surface area contributed by atoms with Gasteiger partial charge in [0.1, 0.15) is 0 Å². The van der Waals surface area contributed by atoms with E-state index in [0.717, 1.165) is 42.6 Å². The van der Waals surface area contributed by atoms with Crippen LogP contribution in [0.25, 0.3) is 0 Å². The van der Waals surface area contributed by atoms with E-state index >= 15 is 0 Å². The number of rotatable bonds is 5. The third-order valence-electron chi connectivity index (χ3n) is 6.36. The Morgan fingerprint density at radius 1 is 0.789 bits per heavy atom. The van der Waals surface area contributed by atoms with E-state index in [0.29, 0.717) is 22.0 Å². The fraction of sp³-hybridized carbons (Fsp3) is 0.360. The van der Waals surface area contributed by atoms with E-state index in [-0.39, 0.29) is 28.3 Å². The normalized spacial score (nSPS) is 14.2. The second kappa shape index (κ2) is 9.99. The lowest BCUT2D eigenvalue weighted by Crippen LogP contribution is -2.50. The molecule has 0 radical (unpaired) electrons. The fourth-order valence-corrected chi connectivity index (χ4v) is 6.26. The molecular formula is C25H21F7N2O2S2. The summed E-state index contributed by atoms with van der Waals surface area (Å²) in [5, 5.41) is 9.04. The number of fused-ring (bicyclic) bond motifs is 1. The van der Waals surface area contributed by atoms with Crippen LogP contribution in [-0.2, 0) is 18.5 Å². The maximum Gasteiger partial charge on any atom is 0.435 e. The van der Waals surface area contributed by atoms with Gasteiger partial charge >= 0.3 is 18.0 Å². The number of halogens is 7. The van der Waals surface area contributed by atoms with Gasteiger partial charge in [-0.1, -0.05) is 12.1 Å². The SMILES string of the molecule is Cc1cc(C(F)(C(F)(F)F)C(F)(F)F)cc(C)c1NC(=O)c1csc(NC(=O)c2scc3c2CCCC3)c1. The molecule has 0 aliphatic heterocycles. The van der Waals surface area contributed by atoms with Crippen molar-refractivity contribution in [3.63, 3.8) is 0 Å². The fourth-order valence-electron chi connectivity index (χ4n) is 4.43. The molecule has 0 saturated carbocycles. The quantitative estimate of drug-likeness (QED) is 0.301. The average Bonchev–Trinajstić information content (AvgIpc) is 3.46. The van der Waals surface area contributed by atoms with Crippen molar-refractivity contribution >= 4 is 45.2 Å². The second-order valence-corrected chi connectivity index (χ2v) is 10.8. The molecule has 1 aliphatic rings. The molecule has 204 valence electrons. The zero-order valence-electron chi connectivity index (χ0n) is 20.0. The van der Waals surface area contributed by atoms with Gasteiger partial charge in [-0.2, -0.15) is 26.3 Å². The number of alkyl halides is 7. The van der Waals surface area contributed by atoms with Crippen molar-refractivity contribution in [2.75, 3.05) is 10.6 Å². The van der Waals surface area contributed by atoms with Gasteiger partial charge in [-0.15, -0.1) is 22.7 Å². The Bertz CT molecular complexity index is 1350. The highest BCUT2D eigenvalue weighted by Gasteiger charge is 2.73. The molecule has 2 amide bonds. The number of hydrogen-bond acceptors (Lipinski definition) is 4. The molecule has 0 fully saturated rings. The number of nitrogens with one attached hydrogen (secondary N) is 2. The molecule has 2 heterocycles. The van der Waals surface area contributed by atoms with Crippen molar-refractivity contribution in [2.45, 2.75) is 57.6 Å². The van der Waals surface area contributed by atoms with E-state index in [4.69, 9.17) is 0 Å². The highest BCUT2D eigenvalue weighted by atomic mass is 32.1. The van der Waals surface area contributed by atoms with Crippen LogP contribution in [0.15, 0.2) is 29.0 Å². The maximum absolute atomic E-state index is 14.5. The highest BCUT2D eigenvalue weighted by Crippen LogP contribution is 2.53. The molecule has 0 unspecified atom stereocenters. The molecule has 2 aromatic heterocycles. The van der Waals surface area contributed by atoms with Gasteiger partial charge in [-0.25, -0.2) is 4.39 Å². The van der Waals surface area contributed by atoms with Gasteiger partial charge in [0.2, 0.25) is 0 Å². The molecule has 1 aromatic carbocycles. The number of aryl methyl sites for hydroxylation is 3. The van der Waals surface area contributed by atoms with Gasteiger partial charge in [0, 0.05) is 16.6 Å². The lowest BCUT2D eigenvalue weighted by Gasteiger charge is -2.31. The van der Waals surface area contributed by atoms with Crippen LogP contribution in [0.1, 0.15) is 60.7 Å². The molecule has 0 bridgehead atoms. The van der Waals surface area contributed by atoms with E-state index in [1.807, 2.05) is 5.38 Å². The van der Waals surface area contributed by atoms with Crippen molar-refractivity contribution < 1.29 is 40.3 Å². The topological polar surface area (TPSA) is 58.2 Å². The molecule has 0 spiro atoms. The predicted octanol–water partition coefficient (Wildman–Crippen LogP) is 8.10. The lowest BCUT2D eigenvalue weighted by atomic mass is 9.90. The standard InChI is InChI=1S/C25H21F7N2O2S2/c1-12-7-16(23(26,24(27,28)29)25(30,31)32)8-13(2)19(12)34-21(35)15-9-18(37-11-15)33-22(36)20-17-6-4-3-5-14(17)10-38-20/h7-11H,3-6H2,1-2H3,(H,33,36)(H,34,35). The van der Waals surface area contributed by atoms with E-state index in [9.17, 15) is 40.3 Å². The lowest BCUT2D eigenvalue weighted by molar-refractivity contribution is -0.348. The zero-order chi connectivity index (χ0) is 28.0. The van der Waals surface area contributed by atoms with Crippen molar-refractivity contribution in [3.8, 4) is 0 Å². The van der Waals surface area contributed by atoms with Gasteiger partial charge in [0.15, 0.2) is 0 Å². The van der Waals surface area contributed by atoms with Crippen LogP contribution < -0.4 is 10.6 Å². The first-order valence-corrected chi connectivity index (χ1v) is 13.1. The Hall–Kier alpha value is -2.93. The van der Waals surface area contributed by atoms with Crippen LogP contribution >= 0.6 is 22.7 Å². The largest absolute Gasteiger partial charge is 0.435 e. The molecule has 38 heavy (non-hydrogen) atoms. The Labute approximate surface area is 220 Å². The summed E-state index contributed by atoms with van der Waals surface area (Å²) in [5.74, 6) is -0.995. The number of thiophene rings is 2. The molecule has 0 saturated heterocycles. The first-order valence-electron chi connectivity index (χ1n) is 11.4. The van der Waals surface area contributed by atoms with Gasteiger partial charge in [-0.05, 0) is 73.2 Å². The summed E-state index contributed by atoms with van der Waals surface area (Å²) < 4.78 is 93.4. The first-order chi connectivity index (χ1) is 17.6. The summed E-state index contributed by atoms with van der Waals surface area (Å²) in [6.45, 7) is 2.33. The van der Waals surface area contributed by atoms with Gasteiger partial charge in [-0.3, -0.25) is 9.59 Å². The number of benzene rings is 1. The van der Waals surface area contributed by atoms with Crippen molar-refractivity contribution in [2.24, 2.45) is 0 Å². The Kier molecular flexibility index (Phi) is 7.38. The summed E-state index contributed by atoms with van der Waals surface area (Å²) in [7, 11) is 0. The van der Waals surface area contributed by atoms with Crippen LogP contribution in [0.4, 0.5) is 41.4 Å². The van der Waals surface area contributed by atoms with Crippen LogP contribution in [0, 0.1) is 13.8 Å². The van der Waals surface area contributed by atoms with E-state index in [1.54, 1.807) is 0 Å². The number of carbonyl (C=O) groups is 2. The summed E-state index contributed by atoms with van der Waals surface area (Å²) in [5.41, 5.74) is -5.28. The zero-order valence-corrected chi connectivity index (χ0v) is 21.6. The Balaban J connectivity index is 1.52. The monoisotopic (exact) mass is 578 g/mol. The van der Waals surface area contributed by atoms with E-state index < -0.39 is 29.5 Å². The number of carbonyl (C=O) groups excluding carboxylic acids is 2. The van der Waals surface area contributed by atoms with Crippen LogP contribution in [0.3, 0.4) is 0 Å². The van der Waals surface area contributed by atoms with Gasteiger partial charge in [0.25, 0.3) is 11.8 Å². The average molecular weight is 579 g/mol. The molecule has 4 nitrogen and oxygen atoms in total. The Morgan fingerprint density at radius 3 is 2.00 bits per heavy atom.